The summed E-state index contributed by atoms with van der Waals surface area (Å²) in [5.74, 6) is 0.127. The van der Waals surface area contributed by atoms with Gasteiger partial charge in [-0.2, -0.15) is 0 Å². The normalized spacial score (nSPS) is 11.5. The molecule has 0 saturated carbocycles. The Balaban J connectivity index is 1.63. The van der Waals surface area contributed by atoms with Crippen LogP contribution in [0, 0.1) is 5.82 Å². The fraction of sp³-hybridized carbons (Fsp3) is 0.148. The van der Waals surface area contributed by atoms with Crippen molar-refractivity contribution in [3.05, 3.63) is 96.0 Å². The molecule has 0 unspecified atom stereocenters. The zero-order chi connectivity index (χ0) is 22.5. The Bertz CT molecular complexity index is 1260. The second-order valence-electron chi connectivity index (χ2n) is 7.46. The summed E-state index contributed by atoms with van der Waals surface area (Å²) in [6, 6.07) is 19.9. The summed E-state index contributed by atoms with van der Waals surface area (Å²) in [5.41, 5.74) is 5.19. The summed E-state index contributed by atoms with van der Waals surface area (Å²) in [6.07, 6.45) is 3.30. The summed E-state index contributed by atoms with van der Waals surface area (Å²) in [4.78, 5) is 12.5. The number of benzene rings is 3. The number of ether oxygens (including phenoxy) is 1. The first-order valence-corrected chi connectivity index (χ1v) is 10.5. The highest BCUT2D eigenvalue weighted by Gasteiger charge is 2.15. The second-order valence-corrected chi connectivity index (χ2v) is 7.46. The van der Waals surface area contributed by atoms with Gasteiger partial charge in [-0.3, -0.25) is 4.79 Å². The van der Waals surface area contributed by atoms with E-state index in [0.717, 1.165) is 38.8 Å². The van der Waals surface area contributed by atoms with Crippen LogP contribution in [-0.4, -0.2) is 12.5 Å². The largest absolute Gasteiger partial charge is 0.493 e. The van der Waals surface area contributed by atoms with Crippen molar-refractivity contribution in [1.82, 2.24) is 5.32 Å². The third-order valence-electron chi connectivity index (χ3n) is 5.21. The minimum Gasteiger partial charge on any atom is -0.493 e. The Morgan fingerprint density at radius 1 is 1.09 bits per heavy atom. The standard InChI is InChI=1S/C27H24FNO3/c1-3-31-25-15-26-23(24(17-32-26)20-7-5-4-6-8-20)14-22(25)18(2)13-27(30)29-16-19-9-11-21(28)12-10-19/h4-15,17H,3,16H2,1-2H3,(H,29,30)/b18-13+. The van der Waals surface area contributed by atoms with E-state index in [2.05, 4.69) is 5.32 Å². The lowest BCUT2D eigenvalue weighted by Crippen LogP contribution is -2.20. The van der Waals surface area contributed by atoms with Gasteiger partial charge in [0.25, 0.3) is 0 Å². The SMILES string of the molecule is CCOc1cc2occ(-c3ccccc3)c2cc1/C(C)=C/C(=O)NCc1ccc(F)cc1. The van der Waals surface area contributed by atoms with Crippen LogP contribution in [0.2, 0.25) is 0 Å². The highest BCUT2D eigenvalue weighted by atomic mass is 19.1. The van der Waals surface area contributed by atoms with Crippen LogP contribution in [-0.2, 0) is 11.3 Å². The van der Waals surface area contributed by atoms with Gasteiger partial charge in [0.2, 0.25) is 5.91 Å². The Hall–Kier alpha value is -3.86. The van der Waals surface area contributed by atoms with Crippen LogP contribution < -0.4 is 10.1 Å². The van der Waals surface area contributed by atoms with E-state index in [1.165, 1.54) is 12.1 Å². The topological polar surface area (TPSA) is 51.5 Å². The fourth-order valence-corrected chi connectivity index (χ4v) is 3.60. The minimum atomic E-state index is -0.302. The molecule has 4 aromatic rings. The molecular formula is C27H24FNO3. The third kappa shape index (κ3) is 4.72. The molecule has 1 heterocycles. The molecular weight excluding hydrogens is 405 g/mol. The lowest BCUT2D eigenvalue weighted by atomic mass is 9.99. The zero-order valence-electron chi connectivity index (χ0n) is 18.0. The summed E-state index contributed by atoms with van der Waals surface area (Å²) in [5, 5.41) is 3.80. The van der Waals surface area contributed by atoms with Gasteiger partial charge in [-0.15, -0.1) is 0 Å². The Kier molecular flexibility index (Phi) is 6.36. The lowest BCUT2D eigenvalue weighted by Gasteiger charge is -2.12. The van der Waals surface area contributed by atoms with Gasteiger partial charge in [-0.25, -0.2) is 4.39 Å². The van der Waals surface area contributed by atoms with Crippen molar-refractivity contribution in [2.45, 2.75) is 20.4 Å². The molecule has 0 aliphatic carbocycles. The maximum Gasteiger partial charge on any atom is 0.244 e. The molecule has 162 valence electrons. The average Bonchev–Trinajstić information content (AvgIpc) is 3.22. The molecule has 0 fully saturated rings. The first-order chi connectivity index (χ1) is 15.5. The van der Waals surface area contributed by atoms with Crippen molar-refractivity contribution in [3.8, 4) is 16.9 Å². The summed E-state index contributed by atoms with van der Waals surface area (Å²) in [6.45, 7) is 4.61. The number of rotatable bonds is 7. The number of amides is 1. The van der Waals surface area contributed by atoms with Gasteiger partial charge in [0.15, 0.2) is 0 Å². The highest BCUT2D eigenvalue weighted by molar-refractivity contribution is 6.00. The number of nitrogens with one attached hydrogen (secondary N) is 1. The van der Waals surface area contributed by atoms with Crippen molar-refractivity contribution in [1.29, 1.82) is 0 Å². The molecule has 4 nitrogen and oxygen atoms in total. The minimum absolute atomic E-state index is 0.232. The number of allylic oxidation sites excluding steroid dienone is 1. The molecule has 1 amide bonds. The van der Waals surface area contributed by atoms with Gasteiger partial charge in [0, 0.05) is 35.2 Å². The van der Waals surface area contributed by atoms with E-state index in [-0.39, 0.29) is 11.7 Å². The Morgan fingerprint density at radius 3 is 2.56 bits per heavy atom. The van der Waals surface area contributed by atoms with E-state index in [9.17, 15) is 9.18 Å². The van der Waals surface area contributed by atoms with E-state index in [1.54, 1.807) is 24.5 Å². The number of furan rings is 1. The number of carbonyl (C=O) groups excluding carboxylic acids is 1. The average molecular weight is 429 g/mol. The maximum atomic E-state index is 13.1. The molecule has 0 radical (unpaired) electrons. The first kappa shape index (κ1) is 21.4. The number of halogens is 1. The van der Waals surface area contributed by atoms with Crippen molar-refractivity contribution in [3.63, 3.8) is 0 Å². The number of hydrogen-bond acceptors (Lipinski definition) is 3. The summed E-state index contributed by atoms with van der Waals surface area (Å²) < 4.78 is 24.7. The molecule has 5 heteroatoms. The predicted molar refractivity (Wildman–Crippen MR) is 125 cm³/mol. The first-order valence-electron chi connectivity index (χ1n) is 10.5. The second kappa shape index (κ2) is 9.52. The van der Waals surface area contributed by atoms with E-state index in [4.69, 9.17) is 9.15 Å². The molecule has 0 atom stereocenters. The molecule has 0 saturated heterocycles. The molecule has 3 aromatic carbocycles. The smallest absolute Gasteiger partial charge is 0.244 e. The van der Waals surface area contributed by atoms with Gasteiger partial charge in [0.1, 0.15) is 17.1 Å². The molecule has 4 rings (SSSR count). The number of carbonyl (C=O) groups is 1. The highest BCUT2D eigenvalue weighted by Crippen LogP contribution is 2.37. The van der Waals surface area contributed by atoms with Crippen molar-refractivity contribution in [2.75, 3.05) is 6.61 Å². The van der Waals surface area contributed by atoms with Crippen LogP contribution in [0.25, 0.3) is 27.7 Å². The van der Waals surface area contributed by atoms with Gasteiger partial charge in [0.05, 0.1) is 12.9 Å². The van der Waals surface area contributed by atoms with Crippen LogP contribution >= 0.6 is 0 Å². The Labute approximate surface area is 186 Å². The van der Waals surface area contributed by atoms with E-state index >= 15 is 0 Å². The summed E-state index contributed by atoms with van der Waals surface area (Å²) >= 11 is 0. The molecule has 0 bridgehead atoms. The van der Waals surface area contributed by atoms with Crippen LogP contribution in [0.4, 0.5) is 4.39 Å². The van der Waals surface area contributed by atoms with Crippen LogP contribution in [0.5, 0.6) is 5.75 Å². The monoisotopic (exact) mass is 429 g/mol. The predicted octanol–water partition coefficient (Wildman–Crippen LogP) is 6.36. The van der Waals surface area contributed by atoms with Crippen LogP contribution in [0.3, 0.4) is 0 Å². The van der Waals surface area contributed by atoms with Crippen LogP contribution in [0.15, 0.2) is 83.5 Å². The zero-order valence-corrected chi connectivity index (χ0v) is 18.0. The van der Waals surface area contributed by atoms with Gasteiger partial charge in [-0.05, 0) is 48.7 Å². The lowest BCUT2D eigenvalue weighted by molar-refractivity contribution is -0.116. The van der Waals surface area contributed by atoms with Gasteiger partial charge >= 0.3 is 0 Å². The molecule has 1 aromatic heterocycles. The molecule has 0 aliphatic rings. The van der Waals surface area contributed by atoms with Gasteiger partial charge < -0.3 is 14.5 Å². The number of hydrogen-bond donors (Lipinski definition) is 1. The fourth-order valence-electron chi connectivity index (χ4n) is 3.60. The van der Waals surface area contributed by atoms with Crippen molar-refractivity contribution < 1.29 is 18.3 Å². The van der Waals surface area contributed by atoms with Crippen molar-refractivity contribution >= 4 is 22.4 Å². The Morgan fingerprint density at radius 2 is 1.84 bits per heavy atom. The van der Waals surface area contributed by atoms with E-state index in [1.807, 2.05) is 56.3 Å². The maximum absolute atomic E-state index is 13.1. The van der Waals surface area contributed by atoms with Crippen molar-refractivity contribution in [2.24, 2.45) is 0 Å². The van der Waals surface area contributed by atoms with Crippen LogP contribution in [0.1, 0.15) is 25.0 Å². The molecule has 32 heavy (non-hydrogen) atoms. The quantitative estimate of drug-likeness (QED) is 0.348. The van der Waals surface area contributed by atoms with Gasteiger partial charge in [-0.1, -0.05) is 42.5 Å². The molecule has 0 aliphatic heterocycles. The van der Waals surface area contributed by atoms with E-state index < -0.39 is 0 Å². The van der Waals surface area contributed by atoms with E-state index in [0.29, 0.717) is 18.9 Å². The third-order valence-corrected chi connectivity index (χ3v) is 5.21. The molecule has 1 N–H and O–H groups in total. The number of fused-ring (bicyclic) bond motifs is 1. The molecule has 0 spiro atoms. The summed E-state index contributed by atoms with van der Waals surface area (Å²) in [7, 11) is 0.